The van der Waals surface area contributed by atoms with Crippen LogP contribution in [0.25, 0.3) is 6.08 Å². The van der Waals surface area contributed by atoms with Gasteiger partial charge in [0.15, 0.2) is 23.9 Å². The minimum absolute atomic E-state index is 0. The molecule has 0 unspecified atom stereocenters. The van der Waals surface area contributed by atoms with E-state index in [0.29, 0.717) is 47.2 Å². The van der Waals surface area contributed by atoms with Gasteiger partial charge in [-0.1, -0.05) is 12.1 Å². The molecule has 9 heteroatoms. The number of benzene rings is 2. The second-order valence-corrected chi connectivity index (χ2v) is 7.65. The third-order valence-corrected chi connectivity index (χ3v) is 5.58. The van der Waals surface area contributed by atoms with Gasteiger partial charge in [0.25, 0.3) is 5.91 Å². The smallest absolute Gasteiger partial charge is 0.260 e. The lowest BCUT2D eigenvalue weighted by molar-refractivity contribution is -0.134. The first-order valence-corrected chi connectivity index (χ1v) is 10.4. The Hall–Kier alpha value is -3.23. The van der Waals surface area contributed by atoms with Crippen molar-refractivity contribution >= 4 is 30.2 Å². The maximum Gasteiger partial charge on any atom is 0.260 e. The van der Waals surface area contributed by atoms with E-state index in [9.17, 15) is 9.59 Å². The van der Waals surface area contributed by atoms with Gasteiger partial charge in [-0.3, -0.25) is 9.59 Å². The fourth-order valence-electron chi connectivity index (χ4n) is 3.72. The van der Waals surface area contributed by atoms with Gasteiger partial charge in [-0.2, -0.15) is 0 Å². The summed E-state index contributed by atoms with van der Waals surface area (Å²) in [7, 11) is 5.13. The molecule has 176 valence electrons. The Balaban J connectivity index is 0.00000306. The van der Waals surface area contributed by atoms with Crippen molar-refractivity contribution in [2.45, 2.75) is 0 Å². The monoisotopic (exact) mass is 474 g/mol. The highest BCUT2D eigenvalue weighted by Crippen LogP contribution is 2.37. The molecule has 8 nitrogen and oxygen atoms in total. The van der Waals surface area contributed by atoms with E-state index in [4.69, 9.17) is 18.9 Å². The molecule has 0 spiro atoms. The van der Waals surface area contributed by atoms with E-state index in [1.54, 1.807) is 49.5 Å². The Kier molecular flexibility index (Phi) is 7.84. The number of hydrogen-bond donors (Lipinski definition) is 0. The van der Waals surface area contributed by atoms with E-state index in [-0.39, 0.29) is 36.5 Å². The Morgan fingerprint density at radius 3 is 2.55 bits per heavy atom. The van der Waals surface area contributed by atoms with E-state index in [0.717, 1.165) is 13.1 Å². The molecule has 0 N–H and O–H groups in total. The number of hydrogen-bond acceptors (Lipinski definition) is 7. The van der Waals surface area contributed by atoms with Crippen LogP contribution in [0.5, 0.6) is 23.0 Å². The van der Waals surface area contributed by atoms with Crippen molar-refractivity contribution in [1.29, 1.82) is 0 Å². The van der Waals surface area contributed by atoms with Gasteiger partial charge in [-0.15, -0.1) is 12.4 Å². The third-order valence-electron chi connectivity index (χ3n) is 5.58. The van der Waals surface area contributed by atoms with Crippen LogP contribution in [0.15, 0.2) is 42.2 Å². The van der Waals surface area contributed by atoms with E-state index >= 15 is 0 Å². The molecule has 0 aliphatic carbocycles. The predicted octanol–water partition coefficient (Wildman–Crippen LogP) is 2.89. The number of likely N-dealkylation sites (N-methyl/N-ethyl adjacent to an activating group) is 1. The van der Waals surface area contributed by atoms with Crippen LogP contribution in [-0.2, 0) is 4.79 Å². The number of ketones is 1. The van der Waals surface area contributed by atoms with E-state index < -0.39 is 0 Å². The molecule has 2 aromatic rings. The molecule has 0 aromatic heterocycles. The van der Waals surface area contributed by atoms with Gasteiger partial charge >= 0.3 is 0 Å². The number of halogens is 1. The van der Waals surface area contributed by atoms with Crippen LogP contribution in [0, 0.1) is 0 Å². The van der Waals surface area contributed by atoms with Gasteiger partial charge in [0.2, 0.25) is 5.78 Å². The van der Waals surface area contributed by atoms with Crippen LogP contribution in [0.4, 0.5) is 0 Å². The second-order valence-electron chi connectivity index (χ2n) is 7.65. The quantitative estimate of drug-likeness (QED) is 0.596. The fourth-order valence-corrected chi connectivity index (χ4v) is 3.72. The molecule has 1 amide bonds. The molecule has 2 aromatic carbocycles. The average molecular weight is 475 g/mol. The number of fused-ring (bicyclic) bond motifs is 1. The van der Waals surface area contributed by atoms with E-state index in [2.05, 4.69) is 4.90 Å². The van der Waals surface area contributed by atoms with Crippen molar-refractivity contribution in [2.75, 3.05) is 54.1 Å². The summed E-state index contributed by atoms with van der Waals surface area (Å²) in [5.74, 6) is 1.84. The van der Waals surface area contributed by atoms with Crippen molar-refractivity contribution in [3.8, 4) is 23.0 Å². The molecule has 0 bridgehead atoms. The molecule has 33 heavy (non-hydrogen) atoms. The maximum absolute atomic E-state index is 12.8. The number of para-hydroxylation sites is 1. The summed E-state index contributed by atoms with van der Waals surface area (Å²) in [6.07, 6.45) is 1.63. The SMILES string of the molecule is COc1cccc(C=C2Oc3cc(OCC(=O)N4CCN(C)CC4)ccc3C2=O)c1OC.Cl. The normalized spacial score (nSPS) is 16.6. The molecule has 2 aliphatic heterocycles. The topological polar surface area (TPSA) is 77.5 Å². The molecule has 4 rings (SSSR count). The van der Waals surface area contributed by atoms with Crippen LogP contribution in [0.1, 0.15) is 15.9 Å². The van der Waals surface area contributed by atoms with E-state index in [1.165, 1.54) is 0 Å². The predicted molar refractivity (Wildman–Crippen MR) is 126 cm³/mol. The highest BCUT2D eigenvalue weighted by Gasteiger charge is 2.28. The molecule has 1 fully saturated rings. The summed E-state index contributed by atoms with van der Waals surface area (Å²) in [4.78, 5) is 29.2. The first-order valence-electron chi connectivity index (χ1n) is 10.4. The number of carbonyl (C=O) groups is 2. The minimum atomic E-state index is -0.232. The zero-order valence-electron chi connectivity index (χ0n) is 18.8. The van der Waals surface area contributed by atoms with Crippen molar-refractivity contribution < 1.29 is 28.5 Å². The zero-order chi connectivity index (χ0) is 22.7. The molecule has 0 atom stereocenters. The summed E-state index contributed by atoms with van der Waals surface area (Å²) in [6, 6.07) is 10.4. The number of rotatable bonds is 6. The van der Waals surface area contributed by atoms with Gasteiger partial charge < -0.3 is 28.7 Å². The standard InChI is InChI=1S/C24H26N2O6.ClH/c1-25-9-11-26(12-10-25)22(27)15-31-17-7-8-18-20(14-17)32-21(23(18)28)13-16-5-4-6-19(29-2)24(16)30-3;/h4-8,13-14H,9-12,15H2,1-3H3;1H. The minimum Gasteiger partial charge on any atom is -0.493 e. The summed E-state index contributed by atoms with van der Waals surface area (Å²) in [5, 5.41) is 0. The molecule has 0 saturated carbocycles. The molecular weight excluding hydrogens is 448 g/mol. The summed E-state index contributed by atoms with van der Waals surface area (Å²) < 4.78 is 22.2. The number of amides is 1. The van der Waals surface area contributed by atoms with Crippen molar-refractivity contribution in [2.24, 2.45) is 0 Å². The lowest BCUT2D eigenvalue weighted by atomic mass is 10.1. The average Bonchev–Trinajstić information content (AvgIpc) is 3.12. The lowest BCUT2D eigenvalue weighted by Crippen LogP contribution is -2.48. The van der Waals surface area contributed by atoms with E-state index in [1.807, 2.05) is 19.2 Å². The van der Waals surface area contributed by atoms with Crippen LogP contribution in [0.2, 0.25) is 0 Å². The van der Waals surface area contributed by atoms with Gasteiger partial charge in [0.1, 0.15) is 11.5 Å². The van der Waals surface area contributed by atoms with Crippen LogP contribution in [-0.4, -0.2) is 75.5 Å². The van der Waals surface area contributed by atoms with Crippen molar-refractivity contribution in [3.63, 3.8) is 0 Å². The fraction of sp³-hybridized carbons (Fsp3) is 0.333. The summed E-state index contributed by atoms with van der Waals surface area (Å²) in [6.45, 7) is 3.05. The van der Waals surface area contributed by atoms with Crippen molar-refractivity contribution in [3.05, 3.63) is 53.3 Å². The van der Waals surface area contributed by atoms with Gasteiger partial charge in [-0.05, 0) is 31.3 Å². The Labute approximate surface area is 199 Å². The maximum atomic E-state index is 12.8. The van der Waals surface area contributed by atoms with Gasteiger partial charge in [-0.25, -0.2) is 0 Å². The highest BCUT2D eigenvalue weighted by atomic mass is 35.5. The summed E-state index contributed by atoms with van der Waals surface area (Å²) in [5.41, 5.74) is 1.10. The van der Waals surface area contributed by atoms with Gasteiger partial charge in [0, 0.05) is 37.8 Å². The zero-order valence-corrected chi connectivity index (χ0v) is 19.6. The van der Waals surface area contributed by atoms with Crippen LogP contribution >= 0.6 is 12.4 Å². The second kappa shape index (κ2) is 10.6. The first kappa shape index (κ1) is 24.4. The molecule has 2 aliphatic rings. The first-order chi connectivity index (χ1) is 15.5. The molecule has 0 radical (unpaired) electrons. The Morgan fingerprint density at radius 2 is 1.85 bits per heavy atom. The lowest BCUT2D eigenvalue weighted by Gasteiger charge is -2.32. The van der Waals surface area contributed by atoms with Crippen molar-refractivity contribution in [1.82, 2.24) is 9.80 Å². The number of piperazine rings is 1. The van der Waals surface area contributed by atoms with Gasteiger partial charge in [0.05, 0.1) is 19.8 Å². The Morgan fingerprint density at radius 1 is 1.09 bits per heavy atom. The number of Topliss-reactive ketones (excluding diaryl/α,β-unsaturated/α-hetero) is 1. The number of methoxy groups -OCH3 is 2. The molecular formula is C24H27ClN2O6. The Bertz CT molecular complexity index is 1060. The largest absolute Gasteiger partial charge is 0.493 e. The number of allylic oxidation sites excluding steroid dienone is 1. The molecule has 2 heterocycles. The number of carbonyl (C=O) groups excluding carboxylic acids is 2. The highest BCUT2D eigenvalue weighted by molar-refractivity contribution is 6.14. The molecule has 1 saturated heterocycles. The third kappa shape index (κ3) is 5.23. The van der Waals surface area contributed by atoms with Crippen LogP contribution in [0.3, 0.4) is 0 Å². The number of ether oxygens (including phenoxy) is 4. The van der Waals surface area contributed by atoms with Crippen LogP contribution < -0.4 is 18.9 Å². The number of nitrogens with zero attached hydrogens (tertiary/aromatic N) is 2. The summed E-state index contributed by atoms with van der Waals surface area (Å²) >= 11 is 0.